The van der Waals surface area contributed by atoms with Gasteiger partial charge in [-0.2, -0.15) is 11.8 Å². The molecule has 25 heavy (non-hydrogen) atoms. The van der Waals surface area contributed by atoms with Crippen LogP contribution in [0, 0.1) is 0 Å². The molecule has 0 bridgehead atoms. The van der Waals surface area contributed by atoms with Gasteiger partial charge in [-0.25, -0.2) is 0 Å². The van der Waals surface area contributed by atoms with Crippen molar-refractivity contribution < 1.29 is 19.1 Å². The lowest BCUT2D eigenvalue weighted by molar-refractivity contribution is -0.139. The van der Waals surface area contributed by atoms with Gasteiger partial charge in [-0.05, 0) is 24.3 Å². The second kappa shape index (κ2) is 11.0. The van der Waals surface area contributed by atoms with E-state index in [1.807, 2.05) is 11.8 Å². The van der Waals surface area contributed by atoms with E-state index in [-0.39, 0.29) is 36.8 Å². The van der Waals surface area contributed by atoms with Gasteiger partial charge in [-0.3, -0.25) is 14.4 Å². The summed E-state index contributed by atoms with van der Waals surface area (Å²) in [6.07, 6.45) is 0.425. The Kier molecular flexibility index (Phi) is 9.33. The molecule has 1 heterocycles. The number of ether oxygens (including phenoxy) is 1. The van der Waals surface area contributed by atoms with Crippen LogP contribution in [0.15, 0.2) is 24.3 Å². The van der Waals surface area contributed by atoms with Crippen molar-refractivity contribution in [1.82, 2.24) is 10.6 Å². The smallest absolute Gasteiger partial charge is 0.325 e. The highest BCUT2D eigenvalue weighted by Crippen LogP contribution is 2.13. The summed E-state index contributed by atoms with van der Waals surface area (Å²) < 4.78 is 4.45. The van der Waals surface area contributed by atoms with Gasteiger partial charge in [0.15, 0.2) is 0 Å². The zero-order valence-corrected chi connectivity index (χ0v) is 15.5. The highest BCUT2D eigenvalue weighted by atomic mass is 35.5. The molecule has 138 valence electrons. The standard InChI is InChI=1S/C16H21N3O4S.ClH/c1-23-15(21)9-18-16(22)11-2-4-12(5-3-11)19-14(20)8-13-10-24-7-6-17-13;/h2-5,13,17H,6-10H2,1H3,(H,18,22)(H,19,20);1H. The van der Waals surface area contributed by atoms with Gasteiger partial charge in [-0.1, -0.05) is 0 Å². The first-order valence-electron chi connectivity index (χ1n) is 7.64. The van der Waals surface area contributed by atoms with E-state index in [0.717, 1.165) is 18.1 Å². The van der Waals surface area contributed by atoms with E-state index >= 15 is 0 Å². The summed E-state index contributed by atoms with van der Waals surface area (Å²) in [7, 11) is 1.26. The van der Waals surface area contributed by atoms with Crippen LogP contribution in [-0.4, -0.2) is 55.5 Å². The lowest BCUT2D eigenvalue weighted by atomic mass is 10.1. The number of rotatable bonds is 6. The van der Waals surface area contributed by atoms with Crippen molar-refractivity contribution in [3.05, 3.63) is 29.8 Å². The molecule has 0 saturated carbocycles. The van der Waals surface area contributed by atoms with Gasteiger partial charge in [-0.15, -0.1) is 12.4 Å². The number of halogens is 1. The number of carbonyl (C=O) groups is 3. The maximum atomic E-state index is 12.0. The monoisotopic (exact) mass is 387 g/mol. The van der Waals surface area contributed by atoms with Crippen LogP contribution in [-0.2, 0) is 14.3 Å². The van der Waals surface area contributed by atoms with E-state index < -0.39 is 5.97 Å². The number of anilines is 1. The molecule has 1 unspecified atom stereocenters. The number of carbonyl (C=O) groups excluding carboxylic acids is 3. The van der Waals surface area contributed by atoms with Crippen LogP contribution in [0.4, 0.5) is 5.69 Å². The number of amides is 2. The summed E-state index contributed by atoms with van der Waals surface area (Å²) in [6.45, 7) is 0.748. The Morgan fingerprint density at radius 3 is 2.60 bits per heavy atom. The van der Waals surface area contributed by atoms with Gasteiger partial charge in [0.2, 0.25) is 5.91 Å². The van der Waals surface area contributed by atoms with Crippen molar-refractivity contribution in [1.29, 1.82) is 0 Å². The fraction of sp³-hybridized carbons (Fsp3) is 0.438. The second-order valence-corrected chi connectivity index (χ2v) is 6.46. The van der Waals surface area contributed by atoms with Crippen LogP contribution in [0.3, 0.4) is 0 Å². The van der Waals surface area contributed by atoms with E-state index in [9.17, 15) is 14.4 Å². The molecule has 0 aromatic heterocycles. The van der Waals surface area contributed by atoms with Gasteiger partial charge in [0, 0.05) is 41.8 Å². The average molecular weight is 388 g/mol. The van der Waals surface area contributed by atoms with Gasteiger partial charge < -0.3 is 20.7 Å². The van der Waals surface area contributed by atoms with Crippen LogP contribution in [0.5, 0.6) is 0 Å². The summed E-state index contributed by atoms with van der Waals surface area (Å²) in [4.78, 5) is 34.9. The molecule has 0 aliphatic carbocycles. The normalized spacial score (nSPS) is 16.3. The van der Waals surface area contributed by atoms with Gasteiger partial charge >= 0.3 is 5.97 Å². The molecule has 1 aromatic rings. The molecule has 1 atom stereocenters. The zero-order chi connectivity index (χ0) is 17.4. The summed E-state index contributed by atoms with van der Waals surface area (Å²) in [6, 6.07) is 6.71. The summed E-state index contributed by atoms with van der Waals surface area (Å²) in [5.41, 5.74) is 1.04. The number of hydrogen-bond acceptors (Lipinski definition) is 6. The molecule has 1 aliphatic rings. The molecule has 7 nitrogen and oxygen atoms in total. The first kappa shape index (κ1) is 21.3. The molecule has 2 rings (SSSR count). The molecular formula is C16H22ClN3O4S. The number of esters is 1. The average Bonchev–Trinajstić information content (AvgIpc) is 2.60. The van der Waals surface area contributed by atoms with Crippen molar-refractivity contribution in [3.8, 4) is 0 Å². The third-order valence-corrected chi connectivity index (χ3v) is 4.61. The number of methoxy groups -OCH3 is 1. The minimum absolute atomic E-state index is 0. The molecule has 1 fully saturated rings. The Morgan fingerprint density at radius 1 is 1.28 bits per heavy atom. The lowest BCUT2D eigenvalue weighted by Gasteiger charge is -2.22. The van der Waals surface area contributed by atoms with Crippen LogP contribution in [0.25, 0.3) is 0 Å². The largest absolute Gasteiger partial charge is 0.468 e. The van der Waals surface area contributed by atoms with Gasteiger partial charge in [0.25, 0.3) is 5.91 Å². The first-order chi connectivity index (χ1) is 11.6. The van der Waals surface area contributed by atoms with E-state index in [1.54, 1.807) is 24.3 Å². The highest BCUT2D eigenvalue weighted by molar-refractivity contribution is 7.99. The van der Waals surface area contributed by atoms with Crippen LogP contribution in [0.1, 0.15) is 16.8 Å². The Bertz CT molecular complexity index is 592. The Hall–Kier alpha value is -1.77. The number of benzene rings is 1. The minimum Gasteiger partial charge on any atom is -0.468 e. The molecule has 0 radical (unpaired) electrons. The van der Waals surface area contributed by atoms with Gasteiger partial charge in [0.1, 0.15) is 6.54 Å². The summed E-state index contributed by atoms with van der Waals surface area (Å²) in [5, 5.41) is 8.59. The maximum absolute atomic E-state index is 12.0. The van der Waals surface area contributed by atoms with Crippen LogP contribution < -0.4 is 16.0 Å². The van der Waals surface area contributed by atoms with E-state index in [2.05, 4.69) is 20.7 Å². The molecule has 1 aliphatic heterocycles. The number of thioether (sulfide) groups is 1. The predicted molar refractivity (Wildman–Crippen MR) is 100 cm³/mol. The molecule has 2 amide bonds. The van der Waals surface area contributed by atoms with Crippen LogP contribution >= 0.6 is 24.2 Å². The van der Waals surface area contributed by atoms with Gasteiger partial charge in [0.05, 0.1) is 7.11 Å². The fourth-order valence-electron chi connectivity index (χ4n) is 2.22. The first-order valence-corrected chi connectivity index (χ1v) is 8.80. The zero-order valence-electron chi connectivity index (χ0n) is 13.9. The van der Waals surface area contributed by atoms with E-state index in [4.69, 9.17) is 0 Å². The highest BCUT2D eigenvalue weighted by Gasteiger charge is 2.16. The quantitative estimate of drug-likeness (QED) is 0.631. The van der Waals surface area contributed by atoms with Crippen LogP contribution in [0.2, 0.25) is 0 Å². The molecule has 1 saturated heterocycles. The Labute approximate surface area is 157 Å². The molecular weight excluding hydrogens is 366 g/mol. The SMILES string of the molecule is COC(=O)CNC(=O)c1ccc(NC(=O)CC2CSCCN2)cc1.Cl. The number of hydrogen-bond donors (Lipinski definition) is 3. The Balaban J connectivity index is 0.00000312. The van der Waals surface area contributed by atoms with Crippen molar-refractivity contribution >= 4 is 47.6 Å². The third-order valence-electron chi connectivity index (χ3n) is 3.48. The summed E-state index contributed by atoms with van der Waals surface area (Å²) in [5.74, 6) is 1.07. The maximum Gasteiger partial charge on any atom is 0.325 e. The molecule has 3 N–H and O–H groups in total. The number of nitrogens with one attached hydrogen (secondary N) is 3. The van der Waals surface area contributed by atoms with Crippen molar-refractivity contribution in [2.24, 2.45) is 0 Å². The lowest BCUT2D eigenvalue weighted by Crippen LogP contribution is -2.39. The Morgan fingerprint density at radius 2 is 2.00 bits per heavy atom. The minimum atomic E-state index is -0.512. The second-order valence-electron chi connectivity index (χ2n) is 5.31. The fourth-order valence-corrected chi connectivity index (χ4v) is 3.17. The van der Waals surface area contributed by atoms with Crippen molar-refractivity contribution in [2.75, 3.05) is 37.0 Å². The molecule has 1 aromatic carbocycles. The molecule has 0 spiro atoms. The third kappa shape index (κ3) is 7.33. The van der Waals surface area contributed by atoms with E-state index in [0.29, 0.717) is 17.7 Å². The topological polar surface area (TPSA) is 96.5 Å². The van der Waals surface area contributed by atoms with Crippen molar-refractivity contribution in [3.63, 3.8) is 0 Å². The molecule has 9 heteroatoms. The van der Waals surface area contributed by atoms with E-state index in [1.165, 1.54) is 7.11 Å². The predicted octanol–water partition coefficient (Wildman–Crippen LogP) is 1.04. The summed E-state index contributed by atoms with van der Waals surface area (Å²) >= 11 is 1.84. The van der Waals surface area contributed by atoms with Crippen molar-refractivity contribution in [2.45, 2.75) is 12.5 Å².